The first kappa shape index (κ1) is 68.9. The number of fused-ring (bicyclic) bond motifs is 2. The second-order valence-electron chi connectivity index (χ2n) is 22.6. The third-order valence-electron chi connectivity index (χ3n) is 14.0. The van der Waals surface area contributed by atoms with Crippen molar-refractivity contribution in [3.63, 3.8) is 0 Å². The Labute approximate surface area is 506 Å². The van der Waals surface area contributed by atoms with E-state index in [1.165, 1.54) is 39.4 Å². The standard InChI is InChI=1S/C63H83N5O17S/c1-13-39(4)27-56(73)68(41(6)69)23-26-84-63(9,10)37-85-62(7,8)33-54(71)66-59(38(2)3)61(78)64-40(5)60(77)65-46-17-15-42(16-18-46)36-83-58(76)22-20-55(72)67-34-44-29-48(79-11)51(30-45(44)35-67)82-25-14-24-81-50-28-43-31-53(47(70)19-21-57(74)75)86-52(43)32-49(50)80-12/h13,15-18,28-32,38,40,59H,14,19-27,33-37H2,1-12H3,(H,64,78)(H,65,77)(H,66,71)(H,74,75)/b39-13-/t40-,59-/m0/s1. The van der Waals surface area contributed by atoms with Crippen molar-refractivity contribution in [1.82, 2.24) is 20.4 Å². The summed E-state index contributed by atoms with van der Waals surface area (Å²) in [5, 5.41) is 18.0. The van der Waals surface area contributed by atoms with Crippen LogP contribution in [0, 0.1) is 5.92 Å². The molecular weight excluding hydrogens is 1130 g/mol. The number of carbonyl (C=O) groups is 9. The van der Waals surface area contributed by atoms with Crippen LogP contribution in [0.5, 0.6) is 23.0 Å². The number of rotatable bonds is 34. The third kappa shape index (κ3) is 21.3. The molecule has 0 fully saturated rings. The van der Waals surface area contributed by atoms with Gasteiger partial charge in [-0.3, -0.25) is 48.1 Å². The highest BCUT2D eigenvalue weighted by Gasteiger charge is 2.33. The number of nitrogens with one attached hydrogen (secondary N) is 3. The van der Waals surface area contributed by atoms with E-state index in [9.17, 15) is 43.2 Å². The van der Waals surface area contributed by atoms with Gasteiger partial charge in [0.1, 0.15) is 18.7 Å². The van der Waals surface area contributed by atoms with E-state index in [4.69, 9.17) is 38.3 Å². The van der Waals surface area contributed by atoms with Gasteiger partial charge in [-0.2, -0.15) is 0 Å². The summed E-state index contributed by atoms with van der Waals surface area (Å²) in [7, 11) is 3.06. The molecular formula is C63H83N5O17S. The zero-order chi connectivity index (χ0) is 63.5. The molecule has 1 aliphatic rings. The van der Waals surface area contributed by atoms with Gasteiger partial charge >= 0.3 is 11.9 Å². The fourth-order valence-corrected chi connectivity index (χ4v) is 9.94. The Morgan fingerprint density at radius 2 is 1.37 bits per heavy atom. The van der Waals surface area contributed by atoms with E-state index in [1.54, 1.807) is 88.9 Å². The van der Waals surface area contributed by atoms with E-state index in [1.807, 2.05) is 32.1 Å². The van der Waals surface area contributed by atoms with Crippen LogP contribution in [0.3, 0.4) is 0 Å². The molecule has 6 amide bonds. The molecule has 0 radical (unpaired) electrons. The summed E-state index contributed by atoms with van der Waals surface area (Å²) >= 11 is 1.27. The summed E-state index contributed by atoms with van der Waals surface area (Å²) < 4.78 is 41.7. The number of hydrogen-bond acceptors (Lipinski definition) is 17. The monoisotopic (exact) mass is 1210 g/mol. The molecule has 0 unspecified atom stereocenters. The number of thiophene rings is 1. The minimum Gasteiger partial charge on any atom is -0.493 e. The van der Waals surface area contributed by atoms with Crippen molar-refractivity contribution in [2.75, 3.05) is 52.5 Å². The van der Waals surface area contributed by atoms with Crippen LogP contribution >= 0.6 is 11.3 Å². The van der Waals surface area contributed by atoms with E-state index in [0.717, 1.165) is 31.7 Å². The number of carbonyl (C=O) groups excluding carboxylic acids is 8. The summed E-state index contributed by atoms with van der Waals surface area (Å²) in [5.74, 6) is -2.59. The number of allylic oxidation sites excluding steroid dienone is 1. The number of Topliss-reactive ketones (excluding diaryl/α,β-unsaturated/α-hetero) is 1. The summed E-state index contributed by atoms with van der Waals surface area (Å²) in [6.45, 7) is 18.5. The molecule has 1 aromatic heterocycles. The molecule has 468 valence electrons. The fraction of sp³-hybridized carbons (Fsp3) is 0.508. The number of aliphatic carboxylic acids is 1. The van der Waals surface area contributed by atoms with E-state index in [2.05, 4.69) is 16.0 Å². The molecule has 0 saturated carbocycles. The molecule has 23 heteroatoms. The maximum Gasteiger partial charge on any atom is 0.306 e. The molecule has 0 spiro atoms. The number of benzene rings is 3. The van der Waals surface area contributed by atoms with E-state index >= 15 is 0 Å². The first-order valence-corrected chi connectivity index (χ1v) is 29.4. The van der Waals surface area contributed by atoms with Crippen molar-refractivity contribution in [3.8, 4) is 23.0 Å². The number of methoxy groups -OCH3 is 2. The minimum absolute atomic E-state index is 0.0639. The van der Waals surface area contributed by atoms with Crippen LogP contribution in [0.4, 0.5) is 5.69 Å². The number of imide groups is 1. The highest BCUT2D eigenvalue weighted by atomic mass is 32.1. The van der Waals surface area contributed by atoms with Gasteiger partial charge in [-0.25, -0.2) is 0 Å². The molecule has 86 heavy (non-hydrogen) atoms. The second kappa shape index (κ2) is 32.0. The van der Waals surface area contributed by atoms with E-state index in [0.29, 0.717) is 58.6 Å². The van der Waals surface area contributed by atoms with E-state index < -0.39 is 52.9 Å². The number of nitrogens with zero attached hydrogens (tertiary/aromatic N) is 2. The molecule has 0 bridgehead atoms. The summed E-state index contributed by atoms with van der Waals surface area (Å²) in [5.41, 5.74) is 1.88. The summed E-state index contributed by atoms with van der Waals surface area (Å²) in [6.07, 6.45) is 1.83. The van der Waals surface area contributed by atoms with Gasteiger partial charge in [0.2, 0.25) is 35.4 Å². The molecule has 2 atom stereocenters. The largest absolute Gasteiger partial charge is 0.493 e. The number of amides is 6. The number of esters is 1. The van der Waals surface area contributed by atoms with Gasteiger partial charge in [0.15, 0.2) is 28.8 Å². The average Bonchev–Trinajstić information content (AvgIpc) is 3.56. The average molecular weight is 1210 g/mol. The van der Waals surface area contributed by atoms with Gasteiger partial charge in [-0.15, -0.1) is 11.3 Å². The van der Waals surface area contributed by atoms with Gasteiger partial charge in [-0.05, 0) is 113 Å². The molecule has 1 aliphatic heterocycles. The summed E-state index contributed by atoms with van der Waals surface area (Å²) in [4.78, 5) is 118. The Hall–Kier alpha value is -7.89. The maximum atomic E-state index is 13.5. The number of carboxylic acids is 1. The topological polar surface area (TPSA) is 281 Å². The van der Waals surface area contributed by atoms with Crippen LogP contribution in [-0.4, -0.2) is 139 Å². The molecule has 0 saturated heterocycles. The number of hydrogen-bond donors (Lipinski definition) is 4. The lowest BCUT2D eigenvalue weighted by atomic mass is 10.00. The van der Waals surface area contributed by atoms with Crippen molar-refractivity contribution >= 4 is 80.3 Å². The van der Waals surface area contributed by atoms with Gasteiger partial charge < -0.3 is 59.1 Å². The lowest BCUT2D eigenvalue weighted by Crippen LogP contribution is -2.54. The van der Waals surface area contributed by atoms with Crippen molar-refractivity contribution in [3.05, 3.63) is 87.8 Å². The van der Waals surface area contributed by atoms with Crippen LogP contribution in [-0.2, 0) is 72.3 Å². The lowest BCUT2D eigenvalue weighted by molar-refractivity contribution is -0.149. The predicted molar refractivity (Wildman–Crippen MR) is 322 cm³/mol. The highest BCUT2D eigenvalue weighted by Crippen LogP contribution is 2.38. The van der Waals surface area contributed by atoms with Crippen LogP contribution in [0.1, 0.15) is 141 Å². The first-order chi connectivity index (χ1) is 40.6. The third-order valence-corrected chi connectivity index (χ3v) is 15.1. The number of carboxylic acid groups (broad SMARTS) is 1. The maximum absolute atomic E-state index is 13.5. The summed E-state index contributed by atoms with van der Waals surface area (Å²) in [6, 6.07) is 13.6. The second-order valence-corrected chi connectivity index (χ2v) is 23.7. The SMILES string of the molecule is C/C=C(/C)CC(=O)N(CCOC(C)(C)COC(C)(C)CC(=O)N[C@H](C(=O)N[C@@H](C)C(=O)Nc1ccc(COC(=O)CCC(=O)N2Cc3cc(OC)c(OCCCOc4cc5cc(C(=O)CCC(=O)O)sc5cc4OC)cc3C2)cc1)C(C)C)C(C)=O. The molecule has 22 nitrogen and oxygen atoms in total. The zero-order valence-corrected chi connectivity index (χ0v) is 52.2. The van der Waals surface area contributed by atoms with Crippen LogP contribution in [0.25, 0.3) is 10.1 Å². The normalized spacial score (nSPS) is 13.1. The van der Waals surface area contributed by atoms with Crippen molar-refractivity contribution in [2.24, 2.45) is 5.92 Å². The van der Waals surface area contributed by atoms with Crippen molar-refractivity contribution in [2.45, 2.75) is 157 Å². The van der Waals surface area contributed by atoms with Gasteiger partial charge in [0.25, 0.3) is 0 Å². The van der Waals surface area contributed by atoms with E-state index in [-0.39, 0.29) is 108 Å². The Balaban J connectivity index is 0.992. The Bertz CT molecular complexity index is 3110. The fourth-order valence-electron chi connectivity index (χ4n) is 8.90. The van der Waals surface area contributed by atoms with Crippen molar-refractivity contribution < 1.29 is 81.4 Å². The quantitative estimate of drug-likeness (QED) is 0.0148. The van der Waals surface area contributed by atoms with Crippen LogP contribution in [0.15, 0.2) is 66.2 Å². The molecule has 0 aliphatic carbocycles. The zero-order valence-electron chi connectivity index (χ0n) is 51.4. The van der Waals surface area contributed by atoms with Crippen LogP contribution in [0.2, 0.25) is 0 Å². The lowest BCUT2D eigenvalue weighted by Gasteiger charge is -2.33. The smallest absolute Gasteiger partial charge is 0.306 e. The molecule has 4 N–H and O–H groups in total. The number of ether oxygens (including phenoxy) is 7. The molecule has 3 aromatic carbocycles. The molecule has 4 aromatic rings. The predicted octanol–water partition coefficient (Wildman–Crippen LogP) is 8.48. The van der Waals surface area contributed by atoms with Crippen LogP contribution < -0.4 is 34.9 Å². The number of ketones is 1. The highest BCUT2D eigenvalue weighted by molar-refractivity contribution is 7.20. The van der Waals surface area contributed by atoms with Gasteiger partial charge in [-0.1, -0.05) is 37.6 Å². The first-order valence-electron chi connectivity index (χ1n) is 28.6. The Morgan fingerprint density at radius 3 is 1.98 bits per heavy atom. The Kier molecular flexibility index (Phi) is 25.6. The molecule has 5 rings (SSSR count). The van der Waals surface area contributed by atoms with Gasteiger partial charge in [0, 0.05) is 62.2 Å². The Morgan fingerprint density at radius 1 is 0.744 bits per heavy atom. The van der Waals surface area contributed by atoms with Crippen molar-refractivity contribution in [1.29, 1.82) is 0 Å². The minimum atomic E-state index is -1.03. The number of anilines is 1. The van der Waals surface area contributed by atoms with Gasteiger partial charge in [0.05, 0.1) is 82.5 Å². The molecule has 2 heterocycles.